The number of nitrogens with zero attached hydrogens (tertiary/aromatic N) is 1. The quantitative estimate of drug-likeness (QED) is 0.816. The van der Waals surface area contributed by atoms with Crippen LogP contribution in [0.1, 0.15) is 13.8 Å². The van der Waals surface area contributed by atoms with E-state index in [1.807, 2.05) is 13.8 Å². The van der Waals surface area contributed by atoms with Crippen molar-refractivity contribution in [2.75, 3.05) is 18.8 Å². The Morgan fingerprint density at radius 1 is 1.28 bits per heavy atom. The Kier molecular flexibility index (Phi) is 3.61. The average Bonchev–Trinajstić information content (AvgIpc) is 2.27. The lowest BCUT2D eigenvalue weighted by atomic mass is 10.3. The Bertz CT molecular complexity index is 520. The van der Waals surface area contributed by atoms with E-state index in [0.717, 1.165) is 0 Å². The third-order valence-corrected chi connectivity index (χ3v) is 4.71. The fourth-order valence-electron chi connectivity index (χ4n) is 2.15. The van der Waals surface area contributed by atoms with E-state index in [9.17, 15) is 8.42 Å². The molecule has 1 aromatic carbocycles. The van der Waals surface area contributed by atoms with E-state index in [1.54, 1.807) is 18.2 Å². The first kappa shape index (κ1) is 13.3. The summed E-state index contributed by atoms with van der Waals surface area (Å²) in [6.45, 7) is 4.50. The molecule has 0 radical (unpaired) electrons. The van der Waals surface area contributed by atoms with Gasteiger partial charge in [0.1, 0.15) is 0 Å². The molecule has 0 aliphatic carbocycles. The maximum atomic E-state index is 12.4. The van der Waals surface area contributed by atoms with Crippen molar-refractivity contribution in [3.63, 3.8) is 0 Å². The van der Waals surface area contributed by atoms with E-state index >= 15 is 0 Å². The average molecular weight is 270 g/mol. The zero-order chi connectivity index (χ0) is 13.3. The smallest absolute Gasteiger partial charge is 0.243 e. The minimum Gasteiger partial charge on any atom is -0.399 e. The van der Waals surface area contributed by atoms with E-state index in [2.05, 4.69) is 0 Å². The van der Waals surface area contributed by atoms with E-state index < -0.39 is 10.0 Å². The van der Waals surface area contributed by atoms with Gasteiger partial charge in [-0.2, -0.15) is 4.31 Å². The minimum absolute atomic E-state index is 0.0930. The van der Waals surface area contributed by atoms with Gasteiger partial charge in [-0.1, -0.05) is 6.07 Å². The van der Waals surface area contributed by atoms with Crippen molar-refractivity contribution in [1.29, 1.82) is 0 Å². The number of nitrogen functional groups attached to an aromatic ring is 1. The van der Waals surface area contributed by atoms with Crippen LogP contribution in [0.3, 0.4) is 0 Å². The molecule has 1 aromatic rings. The van der Waals surface area contributed by atoms with Crippen LogP contribution in [-0.4, -0.2) is 38.0 Å². The normalized spacial score (nSPS) is 26.1. The number of hydrogen-bond acceptors (Lipinski definition) is 4. The molecule has 0 spiro atoms. The summed E-state index contributed by atoms with van der Waals surface area (Å²) in [5.74, 6) is 0. The summed E-state index contributed by atoms with van der Waals surface area (Å²) in [4.78, 5) is 0.240. The van der Waals surface area contributed by atoms with Crippen LogP contribution in [0.15, 0.2) is 29.2 Å². The molecule has 0 bridgehead atoms. The number of hydrogen-bond donors (Lipinski definition) is 1. The standard InChI is InChI=1S/C12H18N2O3S/c1-9-7-14(8-10(2)17-9)18(15,16)12-5-3-4-11(13)6-12/h3-6,9-10H,7-8,13H2,1-2H3/t9-,10-/m0/s1. The highest BCUT2D eigenvalue weighted by atomic mass is 32.2. The number of ether oxygens (including phenoxy) is 1. The van der Waals surface area contributed by atoms with E-state index in [4.69, 9.17) is 10.5 Å². The van der Waals surface area contributed by atoms with Crippen LogP contribution in [0.4, 0.5) is 5.69 Å². The predicted octanol–water partition coefficient (Wildman–Crippen LogP) is 1.07. The molecule has 5 nitrogen and oxygen atoms in total. The Labute approximate surface area is 108 Å². The zero-order valence-corrected chi connectivity index (χ0v) is 11.4. The third-order valence-electron chi connectivity index (χ3n) is 2.88. The van der Waals surface area contributed by atoms with E-state index in [1.165, 1.54) is 10.4 Å². The molecule has 2 N–H and O–H groups in total. The Hall–Kier alpha value is -1.11. The van der Waals surface area contributed by atoms with Crippen molar-refractivity contribution >= 4 is 15.7 Å². The molecular formula is C12H18N2O3S. The monoisotopic (exact) mass is 270 g/mol. The van der Waals surface area contributed by atoms with Crippen LogP contribution < -0.4 is 5.73 Å². The Morgan fingerprint density at radius 2 is 1.89 bits per heavy atom. The third kappa shape index (κ3) is 2.66. The topological polar surface area (TPSA) is 72.6 Å². The van der Waals surface area contributed by atoms with Crippen molar-refractivity contribution in [2.45, 2.75) is 31.0 Å². The fraction of sp³-hybridized carbons (Fsp3) is 0.500. The van der Waals surface area contributed by atoms with Crippen LogP contribution in [0.2, 0.25) is 0 Å². The van der Waals surface area contributed by atoms with Gasteiger partial charge in [-0.15, -0.1) is 0 Å². The van der Waals surface area contributed by atoms with Gasteiger partial charge in [0.05, 0.1) is 17.1 Å². The highest BCUT2D eigenvalue weighted by Crippen LogP contribution is 2.22. The van der Waals surface area contributed by atoms with Gasteiger partial charge >= 0.3 is 0 Å². The molecule has 1 saturated heterocycles. The molecule has 0 amide bonds. The van der Waals surface area contributed by atoms with Crippen molar-refractivity contribution in [2.24, 2.45) is 0 Å². The molecule has 1 fully saturated rings. The van der Waals surface area contributed by atoms with Gasteiger partial charge in [-0.3, -0.25) is 0 Å². The number of nitrogens with two attached hydrogens (primary N) is 1. The van der Waals surface area contributed by atoms with Crippen LogP contribution in [0.25, 0.3) is 0 Å². The maximum Gasteiger partial charge on any atom is 0.243 e. The largest absolute Gasteiger partial charge is 0.399 e. The molecule has 1 aliphatic rings. The lowest BCUT2D eigenvalue weighted by Crippen LogP contribution is -2.48. The summed E-state index contributed by atoms with van der Waals surface area (Å²) in [6.07, 6.45) is -0.186. The van der Waals surface area contributed by atoms with Crippen LogP contribution in [-0.2, 0) is 14.8 Å². The lowest BCUT2D eigenvalue weighted by molar-refractivity contribution is -0.0440. The first-order chi connectivity index (χ1) is 8.39. The molecule has 2 rings (SSSR count). The van der Waals surface area contributed by atoms with Gasteiger partial charge in [0, 0.05) is 18.8 Å². The second-order valence-corrected chi connectivity index (χ2v) is 6.59. The number of morpholine rings is 1. The molecule has 100 valence electrons. The number of sulfonamides is 1. The lowest BCUT2D eigenvalue weighted by Gasteiger charge is -2.34. The molecule has 1 heterocycles. The number of rotatable bonds is 2. The van der Waals surface area contributed by atoms with E-state index in [-0.39, 0.29) is 17.1 Å². The van der Waals surface area contributed by atoms with Crippen molar-refractivity contribution in [1.82, 2.24) is 4.31 Å². The summed E-state index contributed by atoms with van der Waals surface area (Å²) >= 11 is 0. The van der Waals surface area contributed by atoms with Crippen molar-refractivity contribution < 1.29 is 13.2 Å². The second-order valence-electron chi connectivity index (χ2n) is 4.65. The minimum atomic E-state index is -3.48. The summed E-state index contributed by atoms with van der Waals surface area (Å²) in [6, 6.07) is 6.37. The Morgan fingerprint density at radius 3 is 2.44 bits per heavy atom. The highest BCUT2D eigenvalue weighted by molar-refractivity contribution is 7.89. The van der Waals surface area contributed by atoms with Crippen LogP contribution in [0, 0.1) is 0 Å². The summed E-state index contributed by atoms with van der Waals surface area (Å²) in [5.41, 5.74) is 6.08. The molecule has 6 heteroatoms. The van der Waals surface area contributed by atoms with Crippen molar-refractivity contribution in [3.8, 4) is 0 Å². The molecular weight excluding hydrogens is 252 g/mol. The molecule has 18 heavy (non-hydrogen) atoms. The summed E-state index contributed by atoms with van der Waals surface area (Å²) < 4.78 is 31.9. The SMILES string of the molecule is C[C@H]1CN(S(=O)(=O)c2cccc(N)c2)C[C@H](C)O1. The zero-order valence-electron chi connectivity index (χ0n) is 10.5. The summed E-state index contributed by atoms with van der Waals surface area (Å²) in [7, 11) is -3.48. The van der Waals surface area contributed by atoms with Crippen LogP contribution >= 0.6 is 0 Å². The summed E-state index contributed by atoms with van der Waals surface area (Å²) in [5, 5.41) is 0. The fourth-order valence-corrected chi connectivity index (χ4v) is 3.80. The van der Waals surface area contributed by atoms with Crippen molar-refractivity contribution in [3.05, 3.63) is 24.3 Å². The van der Waals surface area contributed by atoms with Gasteiger partial charge in [0.25, 0.3) is 0 Å². The van der Waals surface area contributed by atoms with Gasteiger partial charge < -0.3 is 10.5 Å². The van der Waals surface area contributed by atoms with Gasteiger partial charge in [-0.25, -0.2) is 8.42 Å². The first-order valence-electron chi connectivity index (χ1n) is 5.91. The molecule has 2 atom stereocenters. The Balaban J connectivity index is 2.31. The predicted molar refractivity (Wildman–Crippen MR) is 69.6 cm³/mol. The van der Waals surface area contributed by atoms with Crippen LogP contribution in [0.5, 0.6) is 0 Å². The maximum absolute atomic E-state index is 12.4. The highest BCUT2D eigenvalue weighted by Gasteiger charge is 2.32. The second kappa shape index (κ2) is 4.87. The number of anilines is 1. The molecule has 1 aliphatic heterocycles. The van der Waals surface area contributed by atoms with Gasteiger partial charge in [0.2, 0.25) is 10.0 Å². The van der Waals surface area contributed by atoms with E-state index in [0.29, 0.717) is 18.8 Å². The first-order valence-corrected chi connectivity index (χ1v) is 7.35. The molecule has 0 saturated carbocycles. The van der Waals surface area contributed by atoms with Gasteiger partial charge in [-0.05, 0) is 32.0 Å². The number of benzene rings is 1. The molecule has 0 aromatic heterocycles. The van der Waals surface area contributed by atoms with Gasteiger partial charge in [0.15, 0.2) is 0 Å². The molecule has 0 unspecified atom stereocenters.